The van der Waals surface area contributed by atoms with Gasteiger partial charge in [-0.15, -0.1) is 0 Å². The molecule has 3 unspecified atom stereocenters. The van der Waals surface area contributed by atoms with E-state index in [1.54, 1.807) is 17.8 Å². The summed E-state index contributed by atoms with van der Waals surface area (Å²) in [5, 5.41) is 22.8. The quantitative estimate of drug-likeness (QED) is 0.712. The van der Waals surface area contributed by atoms with Gasteiger partial charge in [-0.1, -0.05) is 25.1 Å². The highest BCUT2D eigenvalue weighted by Crippen LogP contribution is 2.27. The number of phenolic OH excluding ortho intramolecular Hbond substituents is 1. The molecule has 4 heteroatoms. The fraction of sp³-hybridized carbons (Fsp3) is 0.571. The topological polar surface area (TPSA) is 52.5 Å². The van der Waals surface area contributed by atoms with Crippen molar-refractivity contribution in [3.05, 3.63) is 29.8 Å². The molecule has 3 nitrogen and oxygen atoms in total. The number of aromatic hydroxyl groups is 1. The number of phenols is 1. The predicted molar refractivity (Wildman–Crippen MR) is 78.1 cm³/mol. The summed E-state index contributed by atoms with van der Waals surface area (Å²) in [6.07, 6.45) is 2.90. The monoisotopic (exact) mass is 269 g/mol. The number of thioether (sulfide) groups is 1. The second-order valence-corrected chi connectivity index (χ2v) is 5.51. The van der Waals surface area contributed by atoms with E-state index in [2.05, 4.69) is 19.2 Å². The highest BCUT2D eigenvalue weighted by atomic mass is 32.2. The van der Waals surface area contributed by atoms with Crippen LogP contribution in [0, 0.1) is 0 Å². The summed E-state index contributed by atoms with van der Waals surface area (Å²) in [4.78, 5) is 0. The normalized spacial score (nSPS) is 16.2. The second kappa shape index (κ2) is 7.67. The van der Waals surface area contributed by atoms with E-state index in [0.29, 0.717) is 5.75 Å². The van der Waals surface area contributed by atoms with E-state index in [0.717, 1.165) is 12.0 Å². The van der Waals surface area contributed by atoms with E-state index in [1.807, 2.05) is 24.5 Å². The molecule has 0 saturated heterocycles. The van der Waals surface area contributed by atoms with Crippen LogP contribution in [0.3, 0.4) is 0 Å². The van der Waals surface area contributed by atoms with Crippen LogP contribution in [-0.2, 0) is 0 Å². The number of aliphatic hydroxyl groups excluding tert-OH is 1. The van der Waals surface area contributed by atoms with Crippen LogP contribution >= 0.6 is 11.8 Å². The zero-order valence-electron chi connectivity index (χ0n) is 11.3. The lowest BCUT2D eigenvalue weighted by Gasteiger charge is -2.27. The maximum atomic E-state index is 9.88. The molecule has 0 amide bonds. The molecule has 1 rings (SSSR count). The molecule has 0 heterocycles. The molecule has 0 aliphatic heterocycles. The molecule has 3 atom stereocenters. The van der Waals surface area contributed by atoms with Gasteiger partial charge < -0.3 is 15.5 Å². The first-order chi connectivity index (χ1) is 8.63. The molecular formula is C14H23NO2S. The van der Waals surface area contributed by atoms with Gasteiger partial charge in [0.05, 0.1) is 6.61 Å². The van der Waals surface area contributed by atoms with Crippen LogP contribution in [0.4, 0.5) is 0 Å². The van der Waals surface area contributed by atoms with Crippen molar-refractivity contribution in [3.63, 3.8) is 0 Å². The third-order valence-corrected chi connectivity index (χ3v) is 4.39. The summed E-state index contributed by atoms with van der Waals surface area (Å²) < 4.78 is 0. The van der Waals surface area contributed by atoms with Gasteiger partial charge in [-0.25, -0.2) is 0 Å². The lowest BCUT2D eigenvalue weighted by atomic mass is 10.0. The average Bonchev–Trinajstić information content (AvgIpc) is 2.38. The standard InChI is InChI=1S/C14H23NO2S/c1-4-12(11-7-5-6-8-13(11)17)15-10(2)14(9-16)18-3/h5-8,10,12,14-17H,4,9H2,1-3H3. The Bertz CT molecular complexity index is 355. The van der Waals surface area contributed by atoms with Crippen LogP contribution in [0.15, 0.2) is 24.3 Å². The maximum Gasteiger partial charge on any atom is 0.120 e. The Morgan fingerprint density at radius 2 is 2.00 bits per heavy atom. The van der Waals surface area contributed by atoms with E-state index < -0.39 is 0 Å². The van der Waals surface area contributed by atoms with Crippen molar-refractivity contribution in [1.29, 1.82) is 0 Å². The van der Waals surface area contributed by atoms with Gasteiger partial charge in [0.25, 0.3) is 0 Å². The molecule has 3 N–H and O–H groups in total. The van der Waals surface area contributed by atoms with E-state index in [-0.39, 0.29) is 23.9 Å². The second-order valence-electron chi connectivity index (χ2n) is 4.43. The van der Waals surface area contributed by atoms with Gasteiger partial charge >= 0.3 is 0 Å². The maximum absolute atomic E-state index is 9.88. The lowest BCUT2D eigenvalue weighted by Crippen LogP contribution is -2.39. The molecule has 0 aromatic heterocycles. The molecule has 0 fully saturated rings. The molecule has 0 bridgehead atoms. The molecule has 0 aliphatic carbocycles. The smallest absolute Gasteiger partial charge is 0.120 e. The fourth-order valence-corrected chi connectivity index (χ4v) is 2.71. The Hall–Kier alpha value is -0.710. The van der Waals surface area contributed by atoms with Gasteiger partial charge in [0.1, 0.15) is 5.75 Å². The van der Waals surface area contributed by atoms with Gasteiger partial charge in [-0.2, -0.15) is 11.8 Å². The first-order valence-corrected chi connectivity index (χ1v) is 7.60. The summed E-state index contributed by atoms with van der Waals surface area (Å²) in [7, 11) is 0. The minimum atomic E-state index is 0.113. The molecular weight excluding hydrogens is 246 g/mol. The van der Waals surface area contributed by atoms with Crippen molar-refractivity contribution in [2.24, 2.45) is 0 Å². The number of aliphatic hydroxyl groups is 1. The summed E-state index contributed by atoms with van der Waals surface area (Å²) >= 11 is 1.65. The first kappa shape index (κ1) is 15.3. The molecule has 1 aromatic carbocycles. The van der Waals surface area contributed by atoms with Crippen LogP contribution in [0.25, 0.3) is 0 Å². The number of para-hydroxylation sites is 1. The van der Waals surface area contributed by atoms with Gasteiger partial charge in [0, 0.05) is 22.9 Å². The Kier molecular flexibility index (Phi) is 6.54. The third kappa shape index (κ3) is 3.90. The highest BCUT2D eigenvalue weighted by molar-refractivity contribution is 7.99. The van der Waals surface area contributed by atoms with Crippen LogP contribution < -0.4 is 5.32 Å². The lowest BCUT2D eigenvalue weighted by molar-refractivity contribution is 0.269. The SMILES string of the molecule is CCC(NC(C)C(CO)SC)c1ccccc1O. The highest BCUT2D eigenvalue weighted by Gasteiger charge is 2.20. The van der Waals surface area contributed by atoms with Crippen molar-refractivity contribution >= 4 is 11.8 Å². The average molecular weight is 269 g/mol. The van der Waals surface area contributed by atoms with E-state index in [9.17, 15) is 10.2 Å². The third-order valence-electron chi connectivity index (χ3n) is 3.22. The van der Waals surface area contributed by atoms with Crippen molar-refractivity contribution in [1.82, 2.24) is 5.32 Å². The van der Waals surface area contributed by atoms with Crippen molar-refractivity contribution < 1.29 is 10.2 Å². The van der Waals surface area contributed by atoms with Gasteiger partial charge in [0.15, 0.2) is 0 Å². The zero-order valence-corrected chi connectivity index (χ0v) is 12.1. The number of hydrogen-bond donors (Lipinski definition) is 3. The van der Waals surface area contributed by atoms with Gasteiger partial charge in [0.2, 0.25) is 0 Å². The van der Waals surface area contributed by atoms with Crippen LogP contribution in [0.5, 0.6) is 5.75 Å². The van der Waals surface area contributed by atoms with Gasteiger partial charge in [-0.3, -0.25) is 0 Å². The molecule has 102 valence electrons. The van der Waals surface area contributed by atoms with Crippen LogP contribution in [0.2, 0.25) is 0 Å². The van der Waals surface area contributed by atoms with Crippen molar-refractivity contribution in [2.75, 3.05) is 12.9 Å². The zero-order chi connectivity index (χ0) is 13.5. The van der Waals surface area contributed by atoms with Crippen LogP contribution in [-0.4, -0.2) is 34.4 Å². The number of nitrogens with one attached hydrogen (secondary N) is 1. The largest absolute Gasteiger partial charge is 0.508 e. The Morgan fingerprint density at radius 1 is 1.33 bits per heavy atom. The fourth-order valence-electron chi connectivity index (χ4n) is 2.07. The Balaban J connectivity index is 2.76. The Labute approximate surface area is 114 Å². The minimum absolute atomic E-state index is 0.113. The summed E-state index contributed by atoms with van der Waals surface area (Å²) in [6.45, 7) is 4.32. The summed E-state index contributed by atoms with van der Waals surface area (Å²) in [5.41, 5.74) is 0.921. The molecule has 0 saturated carbocycles. The van der Waals surface area contributed by atoms with Gasteiger partial charge in [-0.05, 0) is 25.7 Å². The molecule has 0 radical (unpaired) electrons. The minimum Gasteiger partial charge on any atom is -0.508 e. The predicted octanol–water partition coefficient (Wildman–Crippen LogP) is 2.55. The number of rotatable bonds is 7. The molecule has 0 spiro atoms. The molecule has 0 aliphatic rings. The summed E-state index contributed by atoms with van der Waals surface area (Å²) in [5.74, 6) is 0.328. The van der Waals surface area contributed by atoms with Crippen molar-refractivity contribution in [3.8, 4) is 5.75 Å². The number of benzene rings is 1. The molecule has 18 heavy (non-hydrogen) atoms. The van der Waals surface area contributed by atoms with Crippen molar-refractivity contribution in [2.45, 2.75) is 37.6 Å². The van der Waals surface area contributed by atoms with Crippen LogP contribution in [0.1, 0.15) is 31.9 Å². The van der Waals surface area contributed by atoms with E-state index in [4.69, 9.17) is 0 Å². The van der Waals surface area contributed by atoms with E-state index in [1.165, 1.54) is 0 Å². The van der Waals surface area contributed by atoms with E-state index >= 15 is 0 Å². The summed E-state index contributed by atoms with van der Waals surface area (Å²) in [6, 6.07) is 7.71. The number of hydrogen-bond acceptors (Lipinski definition) is 4. The first-order valence-electron chi connectivity index (χ1n) is 6.31. The molecule has 1 aromatic rings. The Morgan fingerprint density at radius 3 is 2.50 bits per heavy atom.